The fourth-order valence-corrected chi connectivity index (χ4v) is 1.60. The zero-order valence-corrected chi connectivity index (χ0v) is 11.7. The van der Waals surface area contributed by atoms with Gasteiger partial charge >= 0.3 is 0 Å². The zero-order valence-electron chi connectivity index (χ0n) is 10.9. The quantitative estimate of drug-likeness (QED) is 0.846. The molecule has 0 atom stereocenters. The number of hydrogen-bond donors (Lipinski definition) is 2. The van der Waals surface area contributed by atoms with Crippen LogP contribution in [0.15, 0.2) is 48.2 Å². The maximum Gasteiger partial charge on any atom is 0.151 e. The van der Waals surface area contributed by atoms with Gasteiger partial charge in [0.25, 0.3) is 0 Å². The number of hydrogen-bond acceptors (Lipinski definition) is 5. The largest absolute Gasteiger partial charge is 0.402 e. The Morgan fingerprint density at radius 1 is 1.05 bits per heavy atom. The first-order valence-corrected chi connectivity index (χ1v) is 6.30. The van der Waals surface area contributed by atoms with Crippen molar-refractivity contribution in [2.24, 2.45) is 11.5 Å². The van der Waals surface area contributed by atoms with E-state index in [9.17, 15) is 0 Å². The predicted molar refractivity (Wildman–Crippen MR) is 80.4 cm³/mol. The standard InChI is InChI=1S/C14H14ClN5/c1-9(16)5-6-10(17)11-3-2-4-12(18-11)13-7-8-14(15)20-19-13/h2-8H,16-17H2,1H3/b9-5-,10-6-. The van der Waals surface area contributed by atoms with Gasteiger partial charge in [0.2, 0.25) is 0 Å². The fourth-order valence-electron chi connectivity index (χ4n) is 1.50. The van der Waals surface area contributed by atoms with Crippen molar-refractivity contribution in [2.45, 2.75) is 6.92 Å². The minimum atomic E-state index is 0.341. The molecule has 2 heterocycles. The summed E-state index contributed by atoms with van der Waals surface area (Å²) in [4.78, 5) is 4.44. The van der Waals surface area contributed by atoms with Crippen molar-refractivity contribution in [1.82, 2.24) is 15.2 Å². The topological polar surface area (TPSA) is 90.7 Å². The number of allylic oxidation sites excluding steroid dienone is 3. The lowest BCUT2D eigenvalue weighted by Crippen LogP contribution is -2.01. The highest BCUT2D eigenvalue weighted by atomic mass is 35.5. The molecule has 102 valence electrons. The van der Waals surface area contributed by atoms with Crippen molar-refractivity contribution in [3.8, 4) is 11.4 Å². The Balaban J connectivity index is 2.35. The van der Waals surface area contributed by atoms with Gasteiger partial charge in [0, 0.05) is 5.70 Å². The summed E-state index contributed by atoms with van der Waals surface area (Å²) in [5.74, 6) is 0. The van der Waals surface area contributed by atoms with Gasteiger partial charge in [-0.1, -0.05) is 17.7 Å². The van der Waals surface area contributed by atoms with Gasteiger partial charge in [-0.2, -0.15) is 0 Å². The molecule has 0 aliphatic rings. The molecule has 0 spiro atoms. The second kappa shape index (κ2) is 6.16. The van der Waals surface area contributed by atoms with Crippen LogP contribution in [-0.2, 0) is 0 Å². The molecular formula is C14H14ClN5. The van der Waals surface area contributed by atoms with Gasteiger partial charge in [0.05, 0.1) is 17.1 Å². The molecule has 0 saturated carbocycles. The van der Waals surface area contributed by atoms with E-state index in [1.54, 1.807) is 31.2 Å². The second-order valence-electron chi connectivity index (χ2n) is 4.18. The molecule has 0 fully saturated rings. The van der Waals surface area contributed by atoms with E-state index >= 15 is 0 Å². The zero-order chi connectivity index (χ0) is 14.5. The van der Waals surface area contributed by atoms with Gasteiger partial charge in [-0.25, -0.2) is 4.98 Å². The van der Waals surface area contributed by atoms with Crippen molar-refractivity contribution in [3.63, 3.8) is 0 Å². The molecule has 2 aromatic rings. The first-order chi connectivity index (χ1) is 9.56. The highest BCUT2D eigenvalue weighted by molar-refractivity contribution is 6.29. The minimum Gasteiger partial charge on any atom is -0.402 e. The maximum absolute atomic E-state index is 5.96. The van der Waals surface area contributed by atoms with E-state index in [4.69, 9.17) is 23.1 Å². The lowest BCUT2D eigenvalue weighted by molar-refractivity contribution is 1.03. The molecule has 0 aliphatic carbocycles. The van der Waals surface area contributed by atoms with E-state index in [1.165, 1.54) is 0 Å². The van der Waals surface area contributed by atoms with Crippen LogP contribution < -0.4 is 11.5 Å². The predicted octanol–water partition coefficient (Wildman–Crippen LogP) is 2.35. The number of nitrogens with two attached hydrogens (primary N) is 2. The Morgan fingerprint density at radius 3 is 2.50 bits per heavy atom. The summed E-state index contributed by atoms with van der Waals surface area (Å²) in [5, 5.41) is 8.12. The normalized spacial score (nSPS) is 12.5. The van der Waals surface area contributed by atoms with Crippen LogP contribution in [0.5, 0.6) is 0 Å². The number of aromatic nitrogens is 3. The SMILES string of the molecule is C/C(N)=C/C=C(\N)c1cccc(-c2ccc(Cl)nn2)n1. The van der Waals surface area contributed by atoms with Crippen LogP contribution >= 0.6 is 11.6 Å². The Kier molecular flexibility index (Phi) is 4.32. The summed E-state index contributed by atoms with van der Waals surface area (Å²) in [5.41, 5.74) is 14.7. The van der Waals surface area contributed by atoms with Crippen LogP contribution in [0, 0.1) is 0 Å². The van der Waals surface area contributed by atoms with E-state index in [2.05, 4.69) is 15.2 Å². The summed E-state index contributed by atoms with van der Waals surface area (Å²) in [7, 11) is 0. The summed E-state index contributed by atoms with van der Waals surface area (Å²) >= 11 is 5.71. The Labute approximate surface area is 122 Å². The van der Waals surface area contributed by atoms with Gasteiger partial charge in [-0.15, -0.1) is 10.2 Å². The first kappa shape index (κ1) is 14.0. The fraction of sp³-hybridized carbons (Fsp3) is 0.0714. The van der Waals surface area contributed by atoms with E-state index in [1.807, 2.05) is 18.2 Å². The Hall–Kier alpha value is -2.40. The highest BCUT2D eigenvalue weighted by Crippen LogP contribution is 2.17. The molecule has 6 heteroatoms. The molecule has 4 N–H and O–H groups in total. The molecule has 0 bridgehead atoms. The van der Waals surface area contributed by atoms with Gasteiger partial charge in [-0.05, 0) is 43.3 Å². The van der Waals surface area contributed by atoms with Gasteiger partial charge in [0.1, 0.15) is 5.69 Å². The average Bonchev–Trinajstić information content (AvgIpc) is 2.45. The molecule has 2 rings (SSSR count). The third-order valence-electron chi connectivity index (χ3n) is 2.47. The van der Waals surface area contributed by atoms with Crippen molar-refractivity contribution in [2.75, 3.05) is 0 Å². The number of nitrogens with zero attached hydrogens (tertiary/aromatic N) is 3. The molecule has 0 aliphatic heterocycles. The highest BCUT2D eigenvalue weighted by Gasteiger charge is 2.04. The van der Waals surface area contributed by atoms with Crippen LogP contribution in [0.25, 0.3) is 17.1 Å². The van der Waals surface area contributed by atoms with Crippen molar-refractivity contribution < 1.29 is 0 Å². The summed E-state index contributed by atoms with van der Waals surface area (Å²) in [6.45, 7) is 1.79. The molecular weight excluding hydrogens is 274 g/mol. The molecule has 2 aromatic heterocycles. The van der Waals surface area contributed by atoms with Gasteiger partial charge in [-0.3, -0.25) is 0 Å². The van der Waals surface area contributed by atoms with Crippen LogP contribution in [-0.4, -0.2) is 15.2 Å². The lowest BCUT2D eigenvalue weighted by atomic mass is 10.2. The Bertz CT molecular complexity index is 658. The third kappa shape index (κ3) is 3.55. The minimum absolute atomic E-state index is 0.341. The number of rotatable bonds is 3. The van der Waals surface area contributed by atoms with Crippen LogP contribution in [0.3, 0.4) is 0 Å². The summed E-state index contributed by atoms with van der Waals surface area (Å²) in [6, 6.07) is 8.92. The molecule has 0 amide bonds. The number of halogens is 1. The van der Waals surface area contributed by atoms with Crippen molar-refractivity contribution in [3.05, 3.63) is 59.0 Å². The Morgan fingerprint density at radius 2 is 1.85 bits per heavy atom. The smallest absolute Gasteiger partial charge is 0.151 e. The third-order valence-corrected chi connectivity index (χ3v) is 2.67. The molecule has 0 radical (unpaired) electrons. The molecule has 20 heavy (non-hydrogen) atoms. The first-order valence-electron chi connectivity index (χ1n) is 5.93. The molecule has 0 saturated heterocycles. The average molecular weight is 288 g/mol. The maximum atomic E-state index is 5.96. The van der Waals surface area contributed by atoms with Gasteiger partial charge in [0.15, 0.2) is 5.15 Å². The van der Waals surface area contributed by atoms with Gasteiger partial charge < -0.3 is 11.5 Å². The molecule has 0 unspecified atom stereocenters. The van der Waals surface area contributed by atoms with E-state index in [-0.39, 0.29) is 0 Å². The van der Waals surface area contributed by atoms with Crippen molar-refractivity contribution in [1.29, 1.82) is 0 Å². The monoisotopic (exact) mass is 287 g/mol. The lowest BCUT2D eigenvalue weighted by Gasteiger charge is -2.04. The van der Waals surface area contributed by atoms with E-state index < -0.39 is 0 Å². The molecule has 0 aromatic carbocycles. The van der Waals surface area contributed by atoms with Crippen LogP contribution in [0.4, 0.5) is 0 Å². The van der Waals surface area contributed by atoms with E-state index in [0.29, 0.717) is 33.6 Å². The van der Waals surface area contributed by atoms with Crippen LogP contribution in [0.1, 0.15) is 12.6 Å². The van der Waals surface area contributed by atoms with E-state index in [0.717, 1.165) is 0 Å². The van der Waals surface area contributed by atoms with Crippen LogP contribution in [0.2, 0.25) is 5.15 Å². The second-order valence-corrected chi connectivity index (χ2v) is 4.57. The summed E-state index contributed by atoms with van der Waals surface area (Å²) in [6.07, 6.45) is 3.45. The summed E-state index contributed by atoms with van der Waals surface area (Å²) < 4.78 is 0. The number of pyridine rings is 1. The molecule has 5 nitrogen and oxygen atoms in total. The van der Waals surface area contributed by atoms with Crippen molar-refractivity contribution >= 4 is 17.3 Å².